The molecule has 5 rings (SSSR count). The molecule has 0 saturated carbocycles. The van der Waals surface area contributed by atoms with Crippen LogP contribution in [0, 0.1) is 12.8 Å². The van der Waals surface area contributed by atoms with Gasteiger partial charge in [0.15, 0.2) is 0 Å². The average molecular weight is 407 g/mol. The Hall–Kier alpha value is -3.06. The number of ether oxygens (including phenoxy) is 1. The molecule has 1 atom stereocenters. The quantitative estimate of drug-likeness (QED) is 0.301. The number of hydrogen-bond acceptors (Lipinski definition) is 1. The fourth-order valence-electron chi connectivity index (χ4n) is 5.36. The smallest absolute Gasteiger partial charge is 0.118 e. The molecule has 4 aromatic carbocycles. The first-order chi connectivity index (χ1) is 15.1. The molecular formula is C30H30O. The summed E-state index contributed by atoms with van der Waals surface area (Å²) in [6.45, 7) is 6.95. The van der Waals surface area contributed by atoms with Crippen LogP contribution < -0.4 is 4.74 Å². The summed E-state index contributed by atoms with van der Waals surface area (Å²) in [4.78, 5) is 0. The number of benzene rings is 4. The largest absolute Gasteiger partial charge is 0.497 e. The fraction of sp³-hybridized carbons (Fsp3) is 0.267. The third-order valence-corrected chi connectivity index (χ3v) is 6.84. The van der Waals surface area contributed by atoms with E-state index in [1.54, 1.807) is 7.11 Å². The Kier molecular flexibility index (Phi) is 5.06. The van der Waals surface area contributed by atoms with Crippen LogP contribution in [-0.2, 0) is 12.8 Å². The zero-order chi connectivity index (χ0) is 21.5. The molecule has 156 valence electrons. The molecule has 1 heteroatoms. The minimum Gasteiger partial charge on any atom is -0.497 e. The second-order valence-electron chi connectivity index (χ2n) is 9.26. The van der Waals surface area contributed by atoms with E-state index in [1.165, 1.54) is 49.7 Å². The molecule has 0 fully saturated rings. The van der Waals surface area contributed by atoms with Crippen molar-refractivity contribution in [2.24, 2.45) is 5.92 Å². The lowest BCUT2D eigenvalue weighted by Gasteiger charge is -2.32. The molecule has 0 unspecified atom stereocenters. The van der Waals surface area contributed by atoms with Crippen LogP contribution >= 0.6 is 0 Å². The van der Waals surface area contributed by atoms with Gasteiger partial charge >= 0.3 is 0 Å². The van der Waals surface area contributed by atoms with E-state index in [9.17, 15) is 0 Å². The standard InChI is InChI=1S/C30H30O/c1-19(2)17-23-9-10-24-18-28-26-8-6-5-7-21(26)13-16-27(28)30(29(24)20(23)3)22-11-14-25(31-4)15-12-22/h5-16,19,30H,17-18H2,1-4H3/t30-/m0/s1. The minimum absolute atomic E-state index is 0.251. The Labute approximate surface area is 185 Å². The Bertz CT molecular complexity index is 1250. The van der Waals surface area contributed by atoms with Gasteiger partial charge in [0.2, 0.25) is 0 Å². The summed E-state index contributed by atoms with van der Waals surface area (Å²) in [5.41, 5.74) is 10.2. The van der Waals surface area contributed by atoms with Crippen molar-refractivity contribution < 1.29 is 4.74 Å². The molecule has 0 heterocycles. The van der Waals surface area contributed by atoms with Gasteiger partial charge in [0.25, 0.3) is 0 Å². The zero-order valence-electron chi connectivity index (χ0n) is 18.9. The van der Waals surface area contributed by atoms with Crippen molar-refractivity contribution in [1.29, 1.82) is 0 Å². The number of fused-ring (bicyclic) bond motifs is 4. The highest BCUT2D eigenvalue weighted by Crippen LogP contribution is 2.45. The lowest BCUT2D eigenvalue weighted by molar-refractivity contribution is 0.414. The molecule has 0 bridgehead atoms. The highest BCUT2D eigenvalue weighted by atomic mass is 16.5. The van der Waals surface area contributed by atoms with Gasteiger partial charge < -0.3 is 4.74 Å². The summed E-state index contributed by atoms with van der Waals surface area (Å²) in [5, 5.41) is 2.71. The molecular weight excluding hydrogens is 376 g/mol. The summed E-state index contributed by atoms with van der Waals surface area (Å²) >= 11 is 0. The molecule has 1 aliphatic rings. The fourth-order valence-corrected chi connectivity index (χ4v) is 5.36. The topological polar surface area (TPSA) is 9.23 Å². The van der Waals surface area contributed by atoms with E-state index in [4.69, 9.17) is 4.74 Å². The highest BCUT2D eigenvalue weighted by Gasteiger charge is 2.30. The monoisotopic (exact) mass is 406 g/mol. The van der Waals surface area contributed by atoms with E-state index in [1.807, 2.05) is 0 Å². The molecule has 0 N–H and O–H groups in total. The Morgan fingerprint density at radius 1 is 0.903 bits per heavy atom. The van der Waals surface area contributed by atoms with Gasteiger partial charge in [-0.1, -0.05) is 74.5 Å². The second kappa shape index (κ2) is 7.89. The van der Waals surface area contributed by atoms with E-state index in [2.05, 4.69) is 93.6 Å². The molecule has 31 heavy (non-hydrogen) atoms. The van der Waals surface area contributed by atoms with Crippen LogP contribution in [0.2, 0.25) is 0 Å². The van der Waals surface area contributed by atoms with Crippen LogP contribution in [0.3, 0.4) is 0 Å². The number of rotatable bonds is 4. The highest BCUT2D eigenvalue weighted by molar-refractivity contribution is 5.88. The average Bonchev–Trinajstić information content (AvgIpc) is 2.79. The first-order valence-corrected chi connectivity index (χ1v) is 11.3. The van der Waals surface area contributed by atoms with Gasteiger partial charge in [0.05, 0.1) is 7.11 Å². The molecule has 1 aliphatic carbocycles. The summed E-state index contributed by atoms with van der Waals surface area (Å²) in [6, 6.07) is 26.9. The molecule has 4 aromatic rings. The van der Waals surface area contributed by atoms with Crippen molar-refractivity contribution in [3.63, 3.8) is 0 Å². The Morgan fingerprint density at radius 3 is 2.42 bits per heavy atom. The van der Waals surface area contributed by atoms with Crippen LogP contribution in [0.1, 0.15) is 58.7 Å². The first kappa shape index (κ1) is 19.9. The molecule has 0 radical (unpaired) electrons. The van der Waals surface area contributed by atoms with Crippen molar-refractivity contribution in [1.82, 2.24) is 0 Å². The van der Waals surface area contributed by atoms with E-state index < -0.39 is 0 Å². The predicted molar refractivity (Wildman–Crippen MR) is 130 cm³/mol. The van der Waals surface area contributed by atoms with Crippen LogP contribution in [0.25, 0.3) is 10.8 Å². The van der Waals surface area contributed by atoms with Crippen LogP contribution in [0.15, 0.2) is 72.8 Å². The van der Waals surface area contributed by atoms with Crippen molar-refractivity contribution in [3.05, 3.63) is 112 Å². The number of hydrogen-bond donors (Lipinski definition) is 0. The van der Waals surface area contributed by atoms with Gasteiger partial charge in [-0.25, -0.2) is 0 Å². The second-order valence-corrected chi connectivity index (χ2v) is 9.26. The molecule has 1 nitrogen and oxygen atoms in total. The summed E-state index contributed by atoms with van der Waals surface area (Å²) in [7, 11) is 1.73. The predicted octanol–water partition coefficient (Wildman–Crippen LogP) is 7.44. The van der Waals surface area contributed by atoms with Crippen LogP contribution in [0.4, 0.5) is 0 Å². The van der Waals surface area contributed by atoms with Gasteiger partial charge in [0.1, 0.15) is 5.75 Å². The Morgan fingerprint density at radius 2 is 1.68 bits per heavy atom. The van der Waals surface area contributed by atoms with Gasteiger partial charge in [-0.2, -0.15) is 0 Å². The van der Waals surface area contributed by atoms with E-state index >= 15 is 0 Å². The van der Waals surface area contributed by atoms with E-state index in [0.29, 0.717) is 5.92 Å². The van der Waals surface area contributed by atoms with E-state index in [0.717, 1.165) is 18.6 Å². The van der Waals surface area contributed by atoms with Crippen LogP contribution in [0.5, 0.6) is 5.75 Å². The summed E-state index contributed by atoms with van der Waals surface area (Å²) < 4.78 is 5.44. The summed E-state index contributed by atoms with van der Waals surface area (Å²) in [6.07, 6.45) is 2.13. The normalized spacial score (nSPS) is 15.1. The lowest BCUT2D eigenvalue weighted by atomic mass is 9.71. The molecule has 0 aromatic heterocycles. The molecule has 0 aliphatic heterocycles. The van der Waals surface area contributed by atoms with Crippen molar-refractivity contribution in [2.75, 3.05) is 7.11 Å². The van der Waals surface area contributed by atoms with Crippen molar-refractivity contribution in [2.45, 2.75) is 39.5 Å². The van der Waals surface area contributed by atoms with Crippen LogP contribution in [-0.4, -0.2) is 7.11 Å². The molecule has 0 saturated heterocycles. The van der Waals surface area contributed by atoms with Gasteiger partial charge in [-0.15, -0.1) is 0 Å². The minimum atomic E-state index is 0.251. The third-order valence-electron chi connectivity index (χ3n) is 6.84. The summed E-state index contributed by atoms with van der Waals surface area (Å²) in [5.74, 6) is 1.81. The number of methoxy groups -OCH3 is 1. The van der Waals surface area contributed by atoms with Gasteiger partial charge in [-0.05, 0) is 87.5 Å². The maximum atomic E-state index is 5.44. The van der Waals surface area contributed by atoms with E-state index in [-0.39, 0.29) is 5.92 Å². The molecule has 0 amide bonds. The maximum absolute atomic E-state index is 5.44. The first-order valence-electron chi connectivity index (χ1n) is 11.3. The molecule has 0 spiro atoms. The van der Waals surface area contributed by atoms with Gasteiger partial charge in [-0.3, -0.25) is 0 Å². The SMILES string of the molecule is COc1ccc([C@H]2c3ccc4ccccc4c3Cc3ccc(CC(C)C)c(C)c32)cc1. The Balaban J connectivity index is 1.77. The zero-order valence-corrected chi connectivity index (χ0v) is 18.9. The van der Waals surface area contributed by atoms with Gasteiger partial charge in [0, 0.05) is 5.92 Å². The third kappa shape index (κ3) is 3.43. The van der Waals surface area contributed by atoms with Crippen molar-refractivity contribution >= 4 is 10.8 Å². The van der Waals surface area contributed by atoms with Crippen molar-refractivity contribution in [3.8, 4) is 5.75 Å². The lowest BCUT2D eigenvalue weighted by Crippen LogP contribution is -2.18. The maximum Gasteiger partial charge on any atom is 0.118 e.